The average molecular weight is 284 g/mol. The Morgan fingerprint density at radius 3 is 2.10 bits per heavy atom. The average Bonchev–Trinajstić information content (AvgIpc) is 2.94. The molecule has 1 N–H and O–H groups in total. The third-order valence-electron chi connectivity index (χ3n) is 2.44. The quantitative estimate of drug-likeness (QED) is 0.677. The second-order valence-electron chi connectivity index (χ2n) is 3.77. The summed E-state index contributed by atoms with van der Waals surface area (Å²) in [6.07, 6.45) is 0.578. The number of H-pyrrole nitrogens is 1. The number of hydrogen-bond acceptors (Lipinski definition) is 7. The van der Waals surface area contributed by atoms with Crippen LogP contribution in [0.4, 0.5) is 0 Å². The number of carbonyl (C=O) groups excluding carboxylic acids is 3. The van der Waals surface area contributed by atoms with Gasteiger partial charge in [-0.25, -0.2) is 4.98 Å². The zero-order valence-corrected chi connectivity index (χ0v) is 11.5. The van der Waals surface area contributed by atoms with E-state index >= 15 is 0 Å². The van der Waals surface area contributed by atoms with Crippen LogP contribution in [0.25, 0.3) is 0 Å². The molecule has 0 saturated carbocycles. The number of nitrogens with one attached hydrogen (secondary N) is 1. The number of methoxy groups -OCH3 is 2. The number of aryl methyl sites for hydroxylation is 1. The smallest absolute Gasteiger partial charge is 0.325 e. The van der Waals surface area contributed by atoms with Crippen molar-refractivity contribution < 1.29 is 23.9 Å². The maximum Gasteiger partial charge on any atom is 0.325 e. The van der Waals surface area contributed by atoms with Gasteiger partial charge in [0, 0.05) is 6.42 Å². The van der Waals surface area contributed by atoms with Gasteiger partial charge in [0.05, 0.1) is 14.2 Å². The summed E-state index contributed by atoms with van der Waals surface area (Å²) in [6, 6.07) is 0. The van der Waals surface area contributed by atoms with Gasteiger partial charge in [0.2, 0.25) is 5.82 Å². The normalized spacial score (nSPS) is 9.95. The number of amides is 1. The number of ether oxygens (including phenoxy) is 2. The van der Waals surface area contributed by atoms with Gasteiger partial charge in [0.15, 0.2) is 0 Å². The maximum atomic E-state index is 12.1. The molecule has 0 fully saturated rings. The third kappa shape index (κ3) is 4.04. The molecule has 1 aromatic rings. The summed E-state index contributed by atoms with van der Waals surface area (Å²) in [6.45, 7) is 1.07. The molecule has 1 amide bonds. The van der Waals surface area contributed by atoms with Crippen molar-refractivity contribution in [3.63, 3.8) is 0 Å². The lowest BCUT2D eigenvalue weighted by molar-refractivity contribution is -0.144. The highest BCUT2D eigenvalue weighted by molar-refractivity contribution is 5.94. The zero-order valence-electron chi connectivity index (χ0n) is 11.5. The summed E-state index contributed by atoms with van der Waals surface area (Å²) in [5.41, 5.74) is 0. The van der Waals surface area contributed by atoms with Crippen LogP contribution in [0.5, 0.6) is 0 Å². The van der Waals surface area contributed by atoms with E-state index < -0.39 is 17.8 Å². The van der Waals surface area contributed by atoms with E-state index in [0.29, 0.717) is 12.2 Å². The fourth-order valence-electron chi connectivity index (χ4n) is 1.33. The van der Waals surface area contributed by atoms with E-state index in [-0.39, 0.29) is 18.9 Å². The number of nitrogens with zero attached hydrogens (tertiary/aromatic N) is 3. The molecule has 9 nitrogen and oxygen atoms in total. The van der Waals surface area contributed by atoms with Gasteiger partial charge in [-0.15, -0.1) is 5.10 Å². The van der Waals surface area contributed by atoms with Crippen molar-refractivity contribution in [2.75, 3.05) is 27.3 Å². The molecule has 0 saturated heterocycles. The van der Waals surface area contributed by atoms with Gasteiger partial charge in [-0.2, -0.15) is 0 Å². The molecule has 0 bridgehead atoms. The summed E-state index contributed by atoms with van der Waals surface area (Å²) in [7, 11) is 2.37. The molecular weight excluding hydrogens is 268 g/mol. The van der Waals surface area contributed by atoms with Crippen LogP contribution in [-0.4, -0.2) is 65.2 Å². The van der Waals surface area contributed by atoms with Crippen LogP contribution in [0, 0.1) is 0 Å². The Labute approximate surface area is 115 Å². The molecular formula is C11H16N4O5. The third-order valence-corrected chi connectivity index (χ3v) is 2.44. The van der Waals surface area contributed by atoms with Crippen molar-refractivity contribution in [2.45, 2.75) is 13.3 Å². The molecule has 0 unspecified atom stereocenters. The van der Waals surface area contributed by atoms with Crippen molar-refractivity contribution in [3.8, 4) is 0 Å². The molecule has 1 aromatic heterocycles. The SMILES string of the molecule is CCc1nc(C(=O)N(CC(=O)OC)CC(=O)OC)n[nH]1. The number of carbonyl (C=O) groups is 3. The van der Waals surface area contributed by atoms with E-state index in [0.717, 1.165) is 4.90 Å². The number of hydrogen-bond donors (Lipinski definition) is 1. The number of aromatic nitrogens is 3. The van der Waals surface area contributed by atoms with E-state index in [1.54, 1.807) is 0 Å². The van der Waals surface area contributed by atoms with E-state index in [9.17, 15) is 14.4 Å². The number of rotatable bonds is 6. The Balaban J connectivity index is 2.87. The summed E-state index contributed by atoms with van der Waals surface area (Å²) < 4.78 is 8.95. The second-order valence-corrected chi connectivity index (χ2v) is 3.77. The second kappa shape index (κ2) is 7.22. The first-order valence-corrected chi connectivity index (χ1v) is 5.86. The summed E-state index contributed by atoms with van der Waals surface area (Å²) in [4.78, 5) is 39.6. The van der Waals surface area contributed by atoms with Crippen LogP contribution in [0.15, 0.2) is 0 Å². The lowest BCUT2D eigenvalue weighted by Crippen LogP contribution is -2.40. The lowest BCUT2D eigenvalue weighted by atomic mass is 10.4. The fourth-order valence-corrected chi connectivity index (χ4v) is 1.33. The lowest BCUT2D eigenvalue weighted by Gasteiger charge is -2.18. The molecule has 1 rings (SSSR count). The Kier molecular flexibility index (Phi) is 5.63. The van der Waals surface area contributed by atoms with E-state index in [2.05, 4.69) is 24.7 Å². The zero-order chi connectivity index (χ0) is 15.1. The van der Waals surface area contributed by atoms with Gasteiger partial charge < -0.3 is 14.4 Å². The molecule has 1 heterocycles. The van der Waals surface area contributed by atoms with Crippen molar-refractivity contribution in [1.82, 2.24) is 20.1 Å². The molecule has 0 radical (unpaired) electrons. The molecule has 0 aliphatic heterocycles. The first-order chi connectivity index (χ1) is 9.51. The Morgan fingerprint density at radius 1 is 1.15 bits per heavy atom. The van der Waals surface area contributed by atoms with Crippen LogP contribution in [0.1, 0.15) is 23.4 Å². The Hall–Kier alpha value is -2.45. The molecule has 110 valence electrons. The van der Waals surface area contributed by atoms with Gasteiger partial charge in [0.1, 0.15) is 18.9 Å². The topological polar surface area (TPSA) is 114 Å². The van der Waals surface area contributed by atoms with Gasteiger partial charge in [-0.1, -0.05) is 6.92 Å². The van der Waals surface area contributed by atoms with E-state index in [4.69, 9.17) is 0 Å². The van der Waals surface area contributed by atoms with Crippen LogP contribution in [0.3, 0.4) is 0 Å². The molecule has 20 heavy (non-hydrogen) atoms. The predicted octanol–water partition coefficient (Wildman–Crippen LogP) is -0.845. The van der Waals surface area contributed by atoms with Crippen LogP contribution < -0.4 is 0 Å². The Morgan fingerprint density at radius 2 is 1.70 bits per heavy atom. The molecule has 0 aliphatic carbocycles. The van der Waals surface area contributed by atoms with Gasteiger partial charge >= 0.3 is 11.9 Å². The van der Waals surface area contributed by atoms with Crippen molar-refractivity contribution in [3.05, 3.63) is 11.6 Å². The molecule has 0 aliphatic rings. The minimum Gasteiger partial charge on any atom is -0.468 e. The molecule has 9 heteroatoms. The largest absolute Gasteiger partial charge is 0.468 e. The van der Waals surface area contributed by atoms with Crippen molar-refractivity contribution >= 4 is 17.8 Å². The van der Waals surface area contributed by atoms with Gasteiger partial charge in [-0.05, 0) is 0 Å². The molecule has 0 aromatic carbocycles. The first kappa shape index (κ1) is 15.6. The summed E-state index contributed by atoms with van der Waals surface area (Å²) in [5.74, 6) is -1.56. The highest BCUT2D eigenvalue weighted by Crippen LogP contribution is 2.02. The number of aromatic amines is 1. The Bertz CT molecular complexity index is 481. The molecule has 0 atom stereocenters. The summed E-state index contributed by atoms with van der Waals surface area (Å²) >= 11 is 0. The number of esters is 2. The standard InChI is InChI=1S/C11H16N4O5/c1-4-7-12-10(14-13-7)11(18)15(5-8(16)19-2)6-9(17)20-3/h4-6H2,1-3H3,(H,12,13,14). The van der Waals surface area contributed by atoms with Crippen LogP contribution in [-0.2, 0) is 25.5 Å². The molecule has 0 spiro atoms. The van der Waals surface area contributed by atoms with E-state index in [1.165, 1.54) is 14.2 Å². The van der Waals surface area contributed by atoms with Crippen LogP contribution in [0.2, 0.25) is 0 Å². The summed E-state index contributed by atoms with van der Waals surface area (Å²) in [5, 5.41) is 6.33. The van der Waals surface area contributed by atoms with E-state index in [1.807, 2.05) is 6.92 Å². The monoisotopic (exact) mass is 284 g/mol. The highest BCUT2D eigenvalue weighted by atomic mass is 16.5. The van der Waals surface area contributed by atoms with Gasteiger partial charge in [0.25, 0.3) is 5.91 Å². The minimum atomic E-state index is -0.659. The highest BCUT2D eigenvalue weighted by Gasteiger charge is 2.25. The van der Waals surface area contributed by atoms with Crippen molar-refractivity contribution in [1.29, 1.82) is 0 Å². The van der Waals surface area contributed by atoms with Crippen LogP contribution >= 0.6 is 0 Å². The fraction of sp³-hybridized carbons (Fsp3) is 0.545. The minimum absolute atomic E-state index is 0.116. The van der Waals surface area contributed by atoms with Gasteiger partial charge in [-0.3, -0.25) is 19.5 Å². The first-order valence-electron chi connectivity index (χ1n) is 5.86. The van der Waals surface area contributed by atoms with Crippen molar-refractivity contribution in [2.24, 2.45) is 0 Å². The maximum absolute atomic E-state index is 12.1. The predicted molar refractivity (Wildman–Crippen MR) is 65.7 cm³/mol.